The van der Waals surface area contributed by atoms with Crippen LogP contribution in [0.2, 0.25) is 0 Å². The summed E-state index contributed by atoms with van der Waals surface area (Å²) in [6.07, 6.45) is 5.74. The molecular formula is C18H36N2. The standard InChI is InChI=1S/C18H36N2/c1-17(2,3)19-10-7-15(8-11-19)13-16-9-12-20(14-16)18(4,5)6/h15-16H,7-14H2,1-6H3. The van der Waals surface area contributed by atoms with Gasteiger partial charge in [0.2, 0.25) is 0 Å². The van der Waals surface area contributed by atoms with Gasteiger partial charge in [0, 0.05) is 17.6 Å². The van der Waals surface area contributed by atoms with Crippen molar-refractivity contribution in [2.45, 2.75) is 78.3 Å². The minimum absolute atomic E-state index is 0.362. The molecule has 0 saturated carbocycles. The van der Waals surface area contributed by atoms with Crippen LogP contribution in [0.4, 0.5) is 0 Å². The van der Waals surface area contributed by atoms with E-state index in [1.807, 2.05) is 0 Å². The third-order valence-corrected chi connectivity index (χ3v) is 5.46. The zero-order valence-electron chi connectivity index (χ0n) is 14.7. The molecule has 0 bridgehead atoms. The van der Waals surface area contributed by atoms with Crippen LogP contribution in [0.5, 0.6) is 0 Å². The van der Waals surface area contributed by atoms with Crippen LogP contribution >= 0.6 is 0 Å². The highest BCUT2D eigenvalue weighted by Crippen LogP contribution is 2.33. The molecule has 2 saturated heterocycles. The Hall–Kier alpha value is -0.0800. The lowest BCUT2D eigenvalue weighted by Gasteiger charge is -2.41. The quantitative estimate of drug-likeness (QED) is 0.754. The van der Waals surface area contributed by atoms with E-state index in [0.717, 1.165) is 11.8 Å². The Morgan fingerprint density at radius 1 is 0.700 bits per heavy atom. The second-order valence-corrected chi connectivity index (χ2v) is 9.11. The first-order valence-corrected chi connectivity index (χ1v) is 8.66. The third kappa shape index (κ3) is 4.21. The molecule has 0 spiro atoms. The first kappa shape index (κ1) is 16.3. The van der Waals surface area contributed by atoms with Gasteiger partial charge in [-0.25, -0.2) is 0 Å². The van der Waals surface area contributed by atoms with Gasteiger partial charge in [0.05, 0.1) is 0 Å². The van der Waals surface area contributed by atoms with Crippen LogP contribution in [0.3, 0.4) is 0 Å². The second kappa shape index (κ2) is 5.96. The van der Waals surface area contributed by atoms with E-state index in [1.165, 1.54) is 51.9 Å². The largest absolute Gasteiger partial charge is 0.298 e. The summed E-state index contributed by atoms with van der Waals surface area (Å²) in [5, 5.41) is 0. The zero-order valence-corrected chi connectivity index (χ0v) is 14.7. The molecular weight excluding hydrogens is 244 g/mol. The lowest BCUT2D eigenvalue weighted by molar-refractivity contribution is 0.0798. The highest BCUT2D eigenvalue weighted by molar-refractivity contribution is 4.87. The van der Waals surface area contributed by atoms with Crippen LogP contribution in [0.1, 0.15) is 67.2 Å². The molecule has 0 N–H and O–H groups in total. The lowest BCUT2D eigenvalue weighted by Crippen LogP contribution is -2.46. The van der Waals surface area contributed by atoms with Gasteiger partial charge in [-0.3, -0.25) is 9.80 Å². The molecule has 118 valence electrons. The Bertz CT molecular complexity index is 302. The van der Waals surface area contributed by atoms with E-state index in [0.29, 0.717) is 11.1 Å². The molecule has 0 radical (unpaired) electrons. The van der Waals surface area contributed by atoms with Crippen molar-refractivity contribution in [3.63, 3.8) is 0 Å². The zero-order chi connectivity index (χ0) is 15.0. The number of piperidine rings is 1. The summed E-state index contributed by atoms with van der Waals surface area (Å²) in [4.78, 5) is 5.35. The fraction of sp³-hybridized carbons (Fsp3) is 1.00. The molecule has 2 aliphatic rings. The summed E-state index contributed by atoms with van der Waals surface area (Å²) in [6.45, 7) is 19.4. The minimum Gasteiger partial charge on any atom is -0.298 e. The fourth-order valence-corrected chi connectivity index (χ4v) is 3.95. The molecule has 20 heavy (non-hydrogen) atoms. The smallest absolute Gasteiger partial charge is 0.0125 e. The average molecular weight is 281 g/mol. The average Bonchev–Trinajstić information content (AvgIpc) is 2.77. The Labute approximate surface area is 126 Å². The molecule has 2 rings (SSSR count). The van der Waals surface area contributed by atoms with Gasteiger partial charge in [-0.05, 0) is 98.7 Å². The molecule has 0 aromatic heterocycles. The molecule has 2 fully saturated rings. The molecule has 1 atom stereocenters. The van der Waals surface area contributed by atoms with Crippen molar-refractivity contribution in [3.8, 4) is 0 Å². The second-order valence-electron chi connectivity index (χ2n) is 9.11. The van der Waals surface area contributed by atoms with E-state index in [9.17, 15) is 0 Å². The normalized spacial score (nSPS) is 28.2. The lowest BCUT2D eigenvalue weighted by atomic mass is 9.85. The van der Waals surface area contributed by atoms with Gasteiger partial charge >= 0.3 is 0 Å². The van der Waals surface area contributed by atoms with Crippen molar-refractivity contribution < 1.29 is 0 Å². The van der Waals surface area contributed by atoms with Crippen LogP contribution in [0.15, 0.2) is 0 Å². The highest BCUT2D eigenvalue weighted by Gasteiger charge is 2.33. The van der Waals surface area contributed by atoms with Crippen LogP contribution in [-0.4, -0.2) is 47.1 Å². The Morgan fingerprint density at radius 3 is 1.60 bits per heavy atom. The maximum absolute atomic E-state index is 2.68. The fourth-order valence-electron chi connectivity index (χ4n) is 3.95. The van der Waals surface area contributed by atoms with Crippen LogP contribution in [-0.2, 0) is 0 Å². The number of nitrogens with zero attached hydrogens (tertiary/aromatic N) is 2. The van der Waals surface area contributed by atoms with Crippen LogP contribution < -0.4 is 0 Å². The monoisotopic (exact) mass is 280 g/mol. The molecule has 0 amide bonds. The number of likely N-dealkylation sites (tertiary alicyclic amines) is 2. The highest BCUT2D eigenvalue weighted by atomic mass is 15.2. The van der Waals surface area contributed by atoms with Gasteiger partial charge in [-0.2, -0.15) is 0 Å². The van der Waals surface area contributed by atoms with Gasteiger partial charge < -0.3 is 0 Å². The number of rotatable bonds is 2. The molecule has 2 heterocycles. The molecule has 1 unspecified atom stereocenters. The Kier molecular flexibility index (Phi) is 4.86. The van der Waals surface area contributed by atoms with Crippen molar-refractivity contribution in [2.75, 3.05) is 26.2 Å². The summed E-state index contributed by atoms with van der Waals surface area (Å²) in [6, 6.07) is 0. The Morgan fingerprint density at radius 2 is 1.15 bits per heavy atom. The number of hydrogen-bond donors (Lipinski definition) is 0. The predicted molar refractivity (Wildman–Crippen MR) is 88.1 cm³/mol. The summed E-state index contributed by atoms with van der Waals surface area (Å²) in [5.74, 6) is 1.94. The number of hydrogen-bond acceptors (Lipinski definition) is 2. The van der Waals surface area contributed by atoms with Crippen molar-refractivity contribution in [3.05, 3.63) is 0 Å². The van der Waals surface area contributed by atoms with E-state index >= 15 is 0 Å². The van der Waals surface area contributed by atoms with Gasteiger partial charge in [-0.15, -0.1) is 0 Å². The molecule has 2 heteroatoms. The van der Waals surface area contributed by atoms with Gasteiger partial charge in [-0.1, -0.05) is 0 Å². The van der Waals surface area contributed by atoms with Gasteiger partial charge in [0.25, 0.3) is 0 Å². The predicted octanol–water partition coefficient (Wildman–Crippen LogP) is 4.01. The van der Waals surface area contributed by atoms with E-state index < -0.39 is 0 Å². The molecule has 2 aliphatic heterocycles. The first-order chi connectivity index (χ1) is 9.16. The van der Waals surface area contributed by atoms with E-state index in [4.69, 9.17) is 0 Å². The van der Waals surface area contributed by atoms with Crippen molar-refractivity contribution in [1.82, 2.24) is 9.80 Å². The van der Waals surface area contributed by atoms with Crippen LogP contribution in [0, 0.1) is 11.8 Å². The van der Waals surface area contributed by atoms with Crippen molar-refractivity contribution >= 4 is 0 Å². The maximum Gasteiger partial charge on any atom is 0.0125 e. The summed E-state index contributed by atoms with van der Waals surface area (Å²) < 4.78 is 0. The molecule has 0 aromatic rings. The Balaban J connectivity index is 1.74. The van der Waals surface area contributed by atoms with Crippen molar-refractivity contribution in [1.29, 1.82) is 0 Å². The summed E-state index contributed by atoms with van der Waals surface area (Å²) >= 11 is 0. The summed E-state index contributed by atoms with van der Waals surface area (Å²) in [7, 11) is 0. The maximum atomic E-state index is 2.68. The van der Waals surface area contributed by atoms with E-state index in [-0.39, 0.29) is 0 Å². The van der Waals surface area contributed by atoms with E-state index in [2.05, 4.69) is 51.3 Å². The molecule has 2 nitrogen and oxygen atoms in total. The van der Waals surface area contributed by atoms with Crippen LogP contribution in [0.25, 0.3) is 0 Å². The minimum atomic E-state index is 0.362. The van der Waals surface area contributed by atoms with Crippen molar-refractivity contribution in [2.24, 2.45) is 11.8 Å². The summed E-state index contributed by atoms with van der Waals surface area (Å²) in [5.41, 5.74) is 0.728. The van der Waals surface area contributed by atoms with Gasteiger partial charge in [0.15, 0.2) is 0 Å². The molecule has 0 aliphatic carbocycles. The topological polar surface area (TPSA) is 6.48 Å². The first-order valence-electron chi connectivity index (χ1n) is 8.66. The third-order valence-electron chi connectivity index (χ3n) is 5.46. The van der Waals surface area contributed by atoms with E-state index in [1.54, 1.807) is 0 Å². The van der Waals surface area contributed by atoms with Gasteiger partial charge in [0.1, 0.15) is 0 Å². The SMILES string of the molecule is CC(C)(C)N1CCC(CC2CCN(C(C)(C)C)C2)CC1. The molecule has 0 aromatic carbocycles.